The van der Waals surface area contributed by atoms with Crippen LogP contribution in [-0.4, -0.2) is 10.9 Å². The molecule has 0 aliphatic heterocycles. The highest BCUT2D eigenvalue weighted by molar-refractivity contribution is 6.35. The summed E-state index contributed by atoms with van der Waals surface area (Å²) in [6.45, 7) is 12.4. The highest BCUT2D eigenvalue weighted by Crippen LogP contribution is 2.30. The van der Waals surface area contributed by atoms with Crippen LogP contribution in [0.15, 0.2) is 18.2 Å². The number of nitrogens with one attached hydrogen (secondary N) is 1. The average Bonchev–Trinajstić information content (AvgIpc) is 2.61. The minimum Gasteiger partial charge on any atom is -0.321 e. The average molecular weight is 387 g/mol. The van der Waals surface area contributed by atoms with Crippen molar-refractivity contribution in [2.45, 2.75) is 67.2 Å². The second-order valence-electron chi connectivity index (χ2n) is 7.50. The first-order chi connectivity index (χ1) is 12.8. The van der Waals surface area contributed by atoms with Crippen LogP contribution in [0.3, 0.4) is 0 Å². The minimum absolute atomic E-state index is 0.175. The Morgan fingerprint density at radius 1 is 1.11 bits per heavy atom. The fourth-order valence-corrected chi connectivity index (χ4v) is 3.86. The molecule has 4 heteroatoms. The number of rotatable bonds is 7. The summed E-state index contributed by atoms with van der Waals surface area (Å²) in [5, 5.41) is 3.67. The van der Waals surface area contributed by atoms with Crippen molar-refractivity contribution in [3.63, 3.8) is 0 Å². The van der Waals surface area contributed by atoms with Gasteiger partial charge in [0.15, 0.2) is 0 Å². The first kappa shape index (κ1) is 21.4. The van der Waals surface area contributed by atoms with Crippen molar-refractivity contribution in [1.29, 1.82) is 0 Å². The lowest BCUT2D eigenvalue weighted by Crippen LogP contribution is -2.18. The van der Waals surface area contributed by atoms with Gasteiger partial charge in [-0.15, -0.1) is 0 Å². The van der Waals surface area contributed by atoms with Crippen molar-refractivity contribution < 1.29 is 4.79 Å². The summed E-state index contributed by atoms with van der Waals surface area (Å²) >= 11 is 6.71. The van der Waals surface area contributed by atoms with Crippen molar-refractivity contribution in [3.8, 4) is 0 Å². The van der Waals surface area contributed by atoms with Crippen LogP contribution in [0.1, 0.15) is 72.6 Å². The molecule has 0 saturated heterocycles. The topological polar surface area (TPSA) is 42.0 Å². The Bertz CT molecular complexity index is 805. The molecule has 2 rings (SSSR count). The van der Waals surface area contributed by atoms with Gasteiger partial charge in [0.05, 0.1) is 16.3 Å². The van der Waals surface area contributed by atoms with Gasteiger partial charge in [0.2, 0.25) is 0 Å². The van der Waals surface area contributed by atoms with Crippen molar-refractivity contribution in [1.82, 2.24) is 4.98 Å². The number of hydrogen-bond acceptors (Lipinski definition) is 2. The summed E-state index contributed by atoms with van der Waals surface area (Å²) in [7, 11) is 0. The number of halogens is 1. The molecule has 0 spiro atoms. The summed E-state index contributed by atoms with van der Waals surface area (Å²) in [5.41, 5.74) is 6.25. The van der Waals surface area contributed by atoms with Crippen LogP contribution < -0.4 is 5.32 Å². The maximum Gasteiger partial charge on any atom is 0.259 e. The third-order valence-electron chi connectivity index (χ3n) is 5.05. The van der Waals surface area contributed by atoms with E-state index >= 15 is 0 Å². The first-order valence-corrected chi connectivity index (χ1v) is 10.3. The normalized spacial score (nSPS) is 11.1. The maximum absolute atomic E-state index is 13.2. The van der Waals surface area contributed by atoms with E-state index in [1.807, 2.05) is 19.9 Å². The standard InChI is InChI=1S/C23H31ClN2O/c1-7-17-10-9-11-18(8-2)22(17)26-23(27)20-16(6)25-15(5)19(21(20)24)13-12-14(3)4/h9-11,14H,7-8,12-13H2,1-6H3,(H,26,27). The highest BCUT2D eigenvalue weighted by Gasteiger charge is 2.21. The number of hydrogen-bond donors (Lipinski definition) is 1. The van der Waals surface area contributed by atoms with Gasteiger partial charge in [0, 0.05) is 11.4 Å². The molecule has 146 valence electrons. The highest BCUT2D eigenvalue weighted by atomic mass is 35.5. The van der Waals surface area contributed by atoms with Crippen molar-refractivity contribution in [3.05, 3.63) is 56.9 Å². The molecule has 1 amide bonds. The van der Waals surface area contributed by atoms with Crippen LogP contribution in [0.5, 0.6) is 0 Å². The van der Waals surface area contributed by atoms with E-state index in [1.54, 1.807) is 0 Å². The SMILES string of the molecule is CCc1cccc(CC)c1NC(=O)c1c(C)nc(C)c(CCC(C)C)c1Cl. The summed E-state index contributed by atoms with van der Waals surface area (Å²) in [4.78, 5) is 17.8. The van der Waals surface area contributed by atoms with Gasteiger partial charge in [-0.3, -0.25) is 9.78 Å². The molecule has 0 radical (unpaired) electrons. The summed E-state index contributed by atoms with van der Waals surface area (Å²) in [6.07, 6.45) is 3.58. The third-order valence-corrected chi connectivity index (χ3v) is 5.47. The van der Waals surface area contributed by atoms with Gasteiger partial charge in [0.25, 0.3) is 5.91 Å². The number of aromatic nitrogens is 1. The number of carbonyl (C=O) groups excluding carboxylic acids is 1. The number of anilines is 1. The number of carbonyl (C=O) groups is 1. The molecule has 0 aliphatic carbocycles. The number of amides is 1. The van der Waals surface area contributed by atoms with E-state index in [4.69, 9.17) is 11.6 Å². The van der Waals surface area contributed by atoms with Gasteiger partial charge < -0.3 is 5.32 Å². The molecule has 1 heterocycles. The number of nitrogens with zero attached hydrogens (tertiary/aromatic N) is 1. The molecule has 0 aliphatic rings. The molecule has 3 nitrogen and oxygen atoms in total. The number of para-hydroxylation sites is 1. The van der Waals surface area contributed by atoms with E-state index in [9.17, 15) is 4.79 Å². The lowest BCUT2D eigenvalue weighted by atomic mass is 9.98. The number of pyridine rings is 1. The fourth-order valence-electron chi connectivity index (χ4n) is 3.41. The van der Waals surface area contributed by atoms with E-state index in [0.29, 0.717) is 22.2 Å². The van der Waals surface area contributed by atoms with Gasteiger partial charge in [-0.2, -0.15) is 0 Å². The second kappa shape index (κ2) is 9.36. The maximum atomic E-state index is 13.2. The Balaban J connectivity index is 2.44. The van der Waals surface area contributed by atoms with Gasteiger partial charge >= 0.3 is 0 Å². The molecule has 0 unspecified atom stereocenters. The molecule has 0 saturated carbocycles. The van der Waals surface area contributed by atoms with Crippen LogP contribution >= 0.6 is 11.6 Å². The van der Waals surface area contributed by atoms with E-state index in [0.717, 1.165) is 53.8 Å². The smallest absolute Gasteiger partial charge is 0.259 e. The quantitative estimate of drug-likeness (QED) is 0.605. The van der Waals surface area contributed by atoms with E-state index in [-0.39, 0.29) is 5.91 Å². The zero-order valence-corrected chi connectivity index (χ0v) is 18.1. The largest absolute Gasteiger partial charge is 0.321 e. The predicted octanol–water partition coefficient (Wildman–Crippen LogP) is 6.32. The monoisotopic (exact) mass is 386 g/mol. The molecular weight excluding hydrogens is 356 g/mol. The van der Waals surface area contributed by atoms with E-state index < -0.39 is 0 Å². The molecule has 0 bridgehead atoms. The molecule has 0 fully saturated rings. The van der Waals surface area contributed by atoms with Gasteiger partial charge in [0.1, 0.15) is 0 Å². The molecular formula is C23H31ClN2O. The zero-order valence-electron chi connectivity index (χ0n) is 17.4. The Morgan fingerprint density at radius 3 is 2.22 bits per heavy atom. The van der Waals surface area contributed by atoms with Crippen LogP contribution in [0, 0.1) is 19.8 Å². The zero-order chi connectivity index (χ0) is 20.1. The first-order valence-electron chi connectivity index (χ1n) is 9.87. The lowest BCUT2D eigenvalue weighted by Gasteiger charge is -2.18. The Kier molecular flexibility index (Phi) is 7.43. The molecule has 1 aromatic heterocycles. The fraction of sp³-hybridized carbons (Fsp3) is 0.478. The number of aryl methyl sites for hydroxylation is 4. The molecule has 1 N–H and O–H groups in total. The molecule has 2 aromatic rings. The van der Waals surface area contributed by atoms with E-state index in [2.05, 4.69) is 50.1 Å². The molecule has 27 heavy (non-hydrogen) atoms. The van der Waals surface area contributed by atoms with Gasteiger partial charge in [-0.25, -0.2) is 0 Å². The van der Waals surface area contributed by atoms with Gasteiger partial charge in [-0.05, 0) is 62.1 Å². The van der Waals surface area contributed by atoms with Crippen LogP contribution in [0.4, 0.5) is 5.69 Å². The third kappa shape index (κ3) is 4.90. The van der Waals surface area contributed by atoms with Crippen LogP contribution in [-0.2, 0) is 19.3 Å². The molecule has 0 atom stereocenters. The van der Waals surface area contributed by atoms with Crippen LogP contribution in [0.25, 0.3) is 0 Å². The van der Waals surface area contributed by atoms with E-state index in [1.165, 1.54) is 0 Å². The Hall–Kier alpha value is -1.87. The summed E-state index contributed by atoms with van der Waals surface area (Å²) in [5.74, 6) is 0.397. The summed E-state index contributed by atoms with van der Waals surface area (Å²) < 4.78 is 0. The lowest BCUT2D eigenvalue weighted by molar-refractivity contribution is 0.102. The van der Waals surface area contributed by atoms with Gasteiger partial charge in [-0.1, -0.05) is 57.5 Å². The predicted molar refractivity (Wildman–Crippen MR) is 115 cm³/mol. The van der Waals surface area contributed by atoms with Crippen molar-refractivity contribution >= 4 is 23.2 Å². The summed E-state index contributed by atoms with van der Waals surface area (Å²) in [6, 6.07) is 6.17. The second-order valence-corrected chi connectivity index (χ2v) is 7.87. The Morgan fingerprint density at radius 2 is 1.70 bits per heavy atom. The minimum atomic E-state index is -0.175. The van der Waals surface area contributed by atoms with Crippen molar-refractivity contribution in [2.75, 3.05) is 5.32 Å². The van der Waals surface area contributed by atoms with Crippen molar-refractivity contribution in [2.24, 2.45) is 5.92 Å². The molecule has 1 aromatic carbocycles. The van der Waals surface area contributed by atoms with Crippen LogP contribution in [0.2, 0.25) is 5.02 Å². The Labute approximate surface area is 168 Å². The number of benzene rings is 1.